The van der Waals surface area contributed by atoms with Crippen LogP contribution in [-0.2, 0) is 25.4 Å². The molecule has 1 heterocycles. The van der Waals surface area contributed by atoms with Gasteiger partial charge in [0.15, 0.2) is 0 Å². The van der Waals surface area contributed by atoms with Gasteiger partial charge in [0.1, 0.15) is 0 Å². The Bertz CT molecular complexity index is 577. The topological polar surface area (TPSA) is 64.3 Å². The van der Waals surface area contributed by atoms with Crippen LogP contribution in [0.1, 0.15) is 18.4 Å². The van der Waals surface area contributed by atoms with Crippen molar-refractivity contribution in [2.75, 3.05) is 12.9 Å². The summed E-state index contributed by atoms with van der Waals surface area (Å²) in [6.45, 7) is 0.182. The number of hydrogen-bond donors (Lipinski definition) is 0. The molecule has 0 saturated heterocycles. The number of rotatable bonds is 5. The molecule has 106 valence electrons. The molecule has 0 aliphatic heterocycles. The van der Waals surface area contributed by atoms with Gasteiger partial charge in [-0.3, -0.25) is 14.2 Å². The molecule has 0 aromatic carbocycles. The van der Waals surface area contributed by atoms with Crippen LogP contribution in [0, 0.1) is 0 Å². The number of nitrogens with zero attached hydrogens (tertiary/aromatic N) is 3. The van der Waals surface area contributed by atoms with Gasteiger partial charge < -0.3 is 9.47 Å². The van der Waals surface area contributed by atoms with Crippen molar-refractivity contribution < 1.29 is 4.79 Å². The number of carbonyl (C=O) groups is 1. The van der Waals surface area contributed by atoms with Gasteiger partial charge in [-0.2, -0.15) is 0 Å². The van der Waals surface area contributed by atoms with Gasteiger partial charge in [0.25, 0.3) is 5.56 Å². The first-order chi connectivity index (χ1) is 8.88. The summed E-state index contributed by atoms with van der Waals surface area (Å²) in [7, 11) is 4.62. The van der Waals surface area contributed by atoms with E-state index in [0.717, 1.165) is 4.57 Å². The molecule has 0 atom stereocenters. The lowest BCUT2D eigenvalue weighted by molar-refractivity contribution is -0.130. The second-order valence-electron chi connectivity index (χ2n) is 4.45. The minimum absolute atomic E-state index is 0.0726. The number of halogens is 1. The minimum atomic E-state index is -0.384. The van der Waals surface area contributed by atoms with E-state index in [9.17, 15) is 14.4 Å². The standard InChI is InChI=1S/C12H18ClN3O3/c1-14(10(17)5-4-6-13)7-9-8-15(2)12(19)16(3)11(9)18/h8H,4-7H2,1-3H3. The lowest BCUT2D eigenvalue weighted by Gasteiger charge is -2.17. The van der Waals surface area contributed by atoms with Crippen molar-refractivity contribution in [1.82, 2.24) is 14.0 Å². The lowest BCUT2D eigenvalue weighted by Crippen LogP contribution is -2.40. The maximum Gasteiger partial charge on any atom is 0.330 e. The van der Waals surface area contributed by atoms with E-state index in [1.807, 2.05) is 0 Å². The summed E-state index contributed by atoms with van der Waals surface area (Å²) in [5, 5.41) is 0. The van der Waals surface area contributed by atoms with E-state index in [0.29, 0.717) is 24.3 Å². The molecule has 0 N–H and O–H groups in total. The maximum absolute atomic E-state index is 11.9. The Kier molecular flexibility index (Phi) is 5.35. The Hall–Kier alpha value is -1.56. The average Bonchev–Trinajstić information content (AvgIpc) is 2.39. The molecule has 0 radical (unpaired) electrons. The van der Waals surface area contributed by atoms with E-state index in [2.05, 4.69) is 0 Å². The van der Waals surface area contributed by atoms with Crippen LogP contribution < -0.4 is 11.2 Å². The van der Waals surface area contributed by atoms with Crippen LogP contribution in [0.4, 0.5) is 0 Å². The van der Waals surface area contributed by atoms with Gasteiger partial charge in [0, 0.05) is 39.6 Å². The highest BCUT2D eigenvalue weighted by Gasteiger charge is 2.13. The summed E-state index contributed by atoms with van der Waals surface area (Å²) in [5.74, 6) is 0.359. The lowest BCUT2D eigenvalue weighted by atomic mass is 10.2. The zero-order valence-corrected chi connectivity index (χ0v) is 12.1. The molecule has 0 fully saturated rings. The van der Waals surface area contributed by atoms with Crippen molar-refractivity contribution in [2.45, 2.75) is 19.4 Å². The first kappa shape index (κ1) is 15.5. The van der Waals surface area contributed by atoms with E-state index in [4.69, 9.17) is 11.6 Å². The van der Waals surface area contributed by atoms with Gasteiger partial charge in [-0.25, -0.2) is 4.79 Å². The number of carbonyl (C=O) groups excluding carboxylic acids is 1. The zero-order valence-electron chi connectivity index (χ0n) is 11.4. The molecule has 0 saturated carbocycles. The molecule has 0 bridgehead atoms. The van der Waals surface area contributed by atoms with E-state index in [1.54, 1.807) is 14.1 Å². The van der Waals surface area contributed by atoms with Crippen LogP contribution in [0.25, 0.3) is 0 Å². The fourth-order valence-corrected chi connectivity index (χ4v) is 1.88. The summed E-state index contributed by atoms with van der Waals surface area (Å²) in [6.07, 6.45) is 2.43. The third-order valence-electron chi connectivity index (χ3n) is 2.88. The smallest absolute Gasteiger partial charge is 0.330 e. The summed E-state index contributed by atoms with van der Waals surface area (Å²) in [5.41, 5.74) is -0.351. The van der Waals surface area contributed by atoms with Crippen molar-refractivity contribution in [3.63, 3.8) is 0 Å². The maximum atomic E-state index is 11.9. The molecular weight excluding hydrogens is 270 g/mol. The third-order valence-corrected chi connectivity index (χ3v) is 3.14. The Labute approximate surface area is 116 Å². The summed E-state index contributed by atoms with van der Waals surface area (Å²) >= 11 is 5.53. The highest BCUT2D eigenvalue weighted by molar-refractivity contribution is 6.17. The molecule has 19 heavy (non-hydrogen) atoms. The molecule has 1 aromatic heterocycles. The normalized spacial score (nSPS) is 10.5. The largest absolute Gasteiger partial charge is 0.341 e. The van der Waals surface area contributed by atoms with Gasteiger partial charge >= 0.3 is 5.69 Å². The fraction of sp³-hybridized carbons (Fsp3) is 0.583. The predicted molar refractivity (Wildman–Crippen MR) is 73.4 cm³/mol. The highest BCUT2D eigenvalue weighted by Crippen LogP contribution is 2.01. The molecule has 1 aromatic rings. The zero-order chi connectivity index (χ0) is 14.6. The quantitative estimate of drug-likeness (QED) is 0.720. The summed E-state index contributed by atoms with van der Waals surface area (Å²) in [4.78, 5) is 36.6. The number of aryl methyl sites for hydroxylation is 1. The van der Waals surface area contributed by atoms with Crippen LogP contribution >= 0.6 is 11.6 Å². The summed E-state index contributed by atoms with van der Waals surface area (Å²) < 4.78 is 2.36. The molecule has 0 unspecified atom stereocenters. The van der Waals surface area contributed by atoms with Gasteiger partial charge in [0.05, 0.1) is 12.1 Å². The van der Waals surface area contributed by atoms with Crippen molar-refractivity contribution in [1.29, 1.82) is 0 Å². The van der Waals surface area contributed by atoms with Crippen molar-refractivity contribution in [2.24, 2.45) is 14.1 Å². The molecule has 1 amide bonds. The first-order valence-corrected chi connectivity index (χ1v) is 6.47. The highest BCUT2D eigenvalue weighted by atomic mass is 35.5. The molecule has 6 nitrogen and oxygen atoms in total. The third kappa shape index (κ3) is 3.70. The van der Waals surface area contributed by atoms with Gasteiger partial charge in [-0.05, 0) is 6.42 Å². The average molecular weight is 288 g/mol. The Morgan fingerprint density at radius 3 is 2.58 bits per heavy atom. The second-order valence-corrected chi connectivity index (χ2v) is 4.83. The molecule has 7 heteroatoms. The Morgan fingerprint density at radius 2 is 2.00 bits per heavy atom. The van der Waals surface area contributed by atoms with Crippen molar-refractivity contribution in [3.8, 4) is 0 Å². The van der Waals surface area contributed by atoms with Crippen LogP contribution in [0.15, 0.2) is 15.8 Å². The van der Waals surface area contributed by atoms with Crippen LogP contribution in [-0.4, -0.2) is 32.9 Å². The van der Waals surface area contributed by atoms with Gasteiger partial charge in [-0.1, -0.05) is 0 Å². The van der Waals surface area contributed by atoms with Gasteiger partial charge in [-0.15, -0.1) is 11.6 Å². The number of hydrogen-bond acceptors (Lipinski definition) is 3. The fourth-order valence-electron chi connectivity index (χ4n) is 1.74. The number of alkyl halides is 1. The van der Waals surface area contributed by atoms with E-state index in [1.165, 1.54) is 22.7 Å². The molecular formula is C12H18ClN3O3. The monoisotopic (exact) mass is 287 g/mol. The van der Waals surface area contributed by atoms with E-state index >= 15 is 0 Å². The Morgan fingerprint density at radius 1 is 1.37 bits per heavy atom. The number of aromatic nitrogens is 2. The molecule has 1 rings (SSSR count). The number of amides is 1. The van der Waals surface area contributed by atoms with E-state index in [-0.39, 0.29) is 23.7 Å². The molecule has 0 spiro atoms. The van der Waals surface area contributed by atoms with Crippen LogP contribution in [0.5, 0.6) is 0 Å². The van der Waals surface area contributed by atoms with E-state index < -0.39 is 0 Å². The van der Waals surface area contributed by atoms with Crippen molar-refractivity contribution >= 4 is 17.5 Å². The van der Waals surface area contributed by atoms with Crippen molar-refractivity contribution in [3.05, 3.63) is 32.6 Å². The predicted octanol–water partition coefficient (Wildman–Crippen LogP) is 0.0614. The van der Waals surface area contributed by atoms with Crippen LogP contribution in [0.3, 0.4) is 0 Å². The molecule has 0 aliphatic rings. The van der Waals surface area contributed by atoms with Crippen LogP contribution in [0.2, 0.25) is 0 Å². The Balaban J connectivity index is 2.92. The molecule has 0 aliphatic carbocycles. The van der Waals surface area contributed by atoms with Gasteiger partial charge in [0.2, 0.25) is 5.91 Å². The first-order valence-electron chi connectivity index (χ1n) is 5.94. The summed E-state index contributed by atoms with van der Waals surface area (Å²) in [6, 6.07) is 0. The second kappa shape index (κ2) is 6.56. The SMILES string of the molecule is CN(Cc1cn(C)c(=O)n(C)c1=O)C(=O)CCCCl. The minimum Gasteiger partial charge on any atom is -0.341 e.